The third kappa shape index (κ3) is 3.79. The topological polar surface area (TPSA) is 12.9 Å². The lowest BCUT2D eigenvalue weighted by atomic mass is 9.97. The molecule has 0 bridgehead atoms. The summed E-state index contributed by atoms with van der Waals surface area (Å²) < 4.78 is 12.8. The Kier molecular flexibility index (Phi) is 4.72. The van der Waals surface area contributed by atoms with Crippen molar-refractivity contribution in [3.8, 4) is 0 Å². The molecule has 2 aromatic rings. The van der Waals surface area contributed by atoms with Crippen LogP contribution < -0.4 is 0 Å². The van der Waals surface area contributed by atoms with Crippen molar-refractivity contribution in [1.29, 1.82) is 0 Å². The zero-order chi connectivity index (χ0) is 13.0. The quantitative estimate of drug-likeness (QED) is 0.748. The summed E-state index contributed by atoms with van der Waals surface area (Å²) in [6.07, 6.45) is 3.73. The number of aryl methyl sites for hydroxylation is 1. The van der Waals surface area contributed by atoms with Gasteiger partial charge in [-0.2, -0.15) is 0 Å². The maximum absolute atomic E-state index is 12.8. The van der Waals surface area contributed by atoms with Crippen LogP contribution in [0.4, 0.5) is 4.39 Å². The zero-order valence-corrected chi connectivity index (χ0v) is 11.8. The minimum atomic E-state index is -0.195. The summed E-state index contributed by atoms with van der Waals surface area (Å²) in [7, 11) is 0. The maximum atomic E-state index is 12.8. The Hall–Kier alpha value is -0.930. The van der Waals surface area contributed by atoms with E-state index in [1.807, 2.05) is 25.3 Å². The van der Waals surface area contributed by atoms with E-state index in [4.69, 9.17) is 11.6 Å². The second-order valence-electron chi connectivity index (χ2n) is 4.40. The third-order valence-corrected chi connectivity index (χ3v) is 4.19. The molecule has 2 rings (SSSR count). The molecule has 0 amide bonds. The van der Waals surface area contributed by atoms with E-state index < -0.39 is 0 Å². The van der Waals surface area contributed by atoms with Crippen LogP contribution in [-0.4, -0.2) is 10.9 Å². The first-order valence-electron chi connectivity index (χ1n) is 5.89. The van der Waals surface area contributed by atoms with Crippen molar-refractivity contribution in [2.45, 2.75) is 19.8 Å². The van der Waals surface area contributed by atoms with Gasteiger partial charge >= 0.3 is 0 Å². The van der Waals surface area contributed by atoms with Crippen LogP contribution in [0, 0.1) is 18.7 Å². The Morgan fingerprint density at radius 2 is 2.00 bits per heavy atom. The molecule has 1 aromatic heterocycles. The fourth-order valence-electron chi connectivity index (χ4n) is 1.92. The smallest absolute Gasteiger partial charge is 0.123 e. The molecule has 1 atom stereocenters. The van der Waals surface area contributed by atoms with Crippen molar-refractivity contribution in [3.05, 3.63) is 51.7 Å². The van der Waals surface area contributed by atoms with Crippen LogP contribution in [-0.2, 0) is 12.8 Å². The fourth-order valence-corrected chi connectivity index (χ4v) is 3.05. The van der Waals surface area contributed by atoms with Gasteiger partial charge in [0.1, 0.15) is 5.82 Å². The van der Waals surface area contributed by atoms with Crippen LogP contribution in [0.15, 0.2) is 30.5 Å². The summed E-state index contributed by atoms with van der Waals surface area (Å²) in [5, 5.41) is 1.08. The second kappa shape index (κ2) is 6.30. The number of thiazole rings is 1. The van der Waals surface area contributed by atoms with Crippen LogP contribution >= 0.6 is 22.9 Å². The summed E-state index contributed by atoms with van der Waals surface area (Å²) in [5.74, 6) is 0.783. The predicted octanol–water partition coefficient (Wildman–Crippen LogP) is 4.23. The number of benzene rings is 1. The molecule has 0 fully saturated rings. The minimum Gasteiger partial charge on any atom is -0.250 e. The first-order valence-corrected chi connectivity index (χ1v) is 7.24. The lowest BCUT2D eigenvalue weighted by Gasteiger charge is -2.12. The van der Waals surface area contributed by atoms with E-state index in [0.717, 1.165) is 23.4 Å². The van der Waals surface area contributed by atoms with Crippen molar-refractivity contribution in [3.63, 3.8) is 0 Å². The highest BCUT2D eigenvalue weighted by molar-refractivity contribution is 7.11. The fraction of sp³-hybridized carbons (Fsp3) is 0.357. The van der Waals surface area contributed by atoms with Crippen molar-refractivity contribution in [2.24, 2.45) is 5.92 Å². The first-order chi connectivity index (χ1) is 8.67. The van der Waals surface area contributed by atoms with Gasteiger partial charge in [0, 0.05) is 17.0 Å². The molecule has 0 N–H and O–H groups in total. The molecule has 18 heavy (non-hydrogen) atoms. The van der Waals surface area contributed by atoms with Gasteiger partial charge in [-0.25, -0.2) is 9.37 Å². The van der Waals surface area contributed by atoms with Crippen molar-refractivity contribution in [2.75, 3.05) is 5.88 Å². The van der Waals surface area contributed by atoms with Crippen LogP contribution in [0.25, 0.3) is 0 Å². The first kappa shape index (κ1) is 13.5. The van der Waals surface area contributed by atoms with Crippen molar-refractivity contribution >= 4 is 22.9 Å². The summed E-state index contributed by atoms with van der Waals surface area (Å²) in [4.78, 5) is 5.51. The zero-order valence-electron chi connectivity index (χ0n) is 10.2. The molecule has 96 valence electrons. The molecule has 0 spiro atoms. The van der Waals surface area contributed by atoms with Crippen LogP contribution in [0.1, 0.15) is 15.4 Å². The highest BCUT2D eigenvalue weighted by atomic mass is 35.5. The molecule has 0 saturated carbocycles. The van der Waals surface area contributed by atoms with Gasteiger partial charge in [0.05, 0.1) is 5.01 Å². The molecule has 0 radical (unpaired) electrons. The van der Waals surface area contributed by atoms with E-state index in [-0.39, 0.29) is 5.82 Å². The third-order valence-electron chi connectivity index (χ3n) is 2.81. The van der Waals surface area contributed by atoms with E-state index in [1.165, 1.54) is 17.0 Å². The van der Waals surface area contributed by atoms with Gasteiger partial charge in [0.2, 0.25) is 0 Å². The molecular weight excluding hydrogens is 269 g/mol. The molecule has 0 aliphatic heterocycles. The summed E-state index contributed by atoms with van der Waals surface area (Å²) in [6.45, 7) is 2.00. The van der Waals surface area contributed by atoms with E-state index in [1.54, 1.807) is 11.3 Å². The molecule has 1 aromatic carbocycles. The molecule has 1 unspecified atom stereocenters. The molecule has 4 heteroatoms. The average Bonchev–Trinajstić information content (AvgIpc) is 2.77. The highest BCUT2D eigenvalue weighted by Crippen LogP contribution is 2.20. The van der Waals surface area contributed by atoms with Gasteiger partial charge < -0.3 is 0 Å². The van der Waals surface area contributed by atoms with Gasteiger partial charge in [0.25, 0.3) is 0 Å². The van der Waals surface area contributed by atoms with Gasteiger partial charge in [-0.15, -0.1) is 22.9 Å². The molecule has 0 saturated heterocycles. The second-order valence-corrected chi connectivity index (χ2v) is 6.03. The summed E-state index contributed by atoms with van der Waals surface area (Å²) in [5.41, 5.74) is 1.13. The lowest BCUT2D eigenvalue weighted by Crippen LogP contribution is -2.09. The standard InChI is InChI=1S/C14H15ClFNS/c1-10-17-9-14(18-10)7-12(8-15)6-11-2-4-13(16)5-3-11/h2-5,9,12H,6-8H2,1H3. The molecule has 1 nitrogen and oxygen atoms in total. The Balaban J connectivity index is 1.99. The van der Waals surface area contributed by atoms with Crippen molar-refractivity contribution in [1.82, 2.24) is 4.98 Å². The summed E-state index contributed by atoms with van der Waals surface area (Å²) >= 11 is 7.73. The normalized spacial score (nSPS) is 12.6. The average molecular weight is 284 g/mol. The Morgan fingerprint density at radius 1 is 1.28 bits per heavy atom. The minimum absolute atomic E-state index is 0.195. The van der Waals surface area contributed by atoms with Crippen LogP contribution in [0.2, 0.25) is 0 Å². The number of halogens is 2. The molecule has 1 heterocycles. The van der Waals surface area contributed by atoms with Gasteiger partial charge in [0.15, 0.2) is 0 Å². The number of alkyl halides is 1. The Labute approximate surface area is 116 Å². The number of nitrogens with zero attached hydrogens (tertiary/aromatic N) is 1. The van der Waals surface area contributed by atoms with E-state index >= 15 is 0 Å². The van der Waals surface area contributed by atoms with Gasteiger partial charge in [-0.1, -0.05) is 12.1 Å². The number of rotatable bonds is 5. The van der Waals surface area contributed by atoms with E-state index in [9.17, 15) is 4.39 Å². The number of aromatic nitrogens is 1. The van der Waals surface area contributed by atoms with Gasteiger partial charge in [-0.3, -0.25) is 0 Å². The van der Waals surface area contributed by atoms with Crippen LogP contribution in [0.5, 0.6) is 0 Å². The van der Waals surface area contributed by atoms with E-state index in [2.05, 4.69) is 4.98 Å². The molecule has 0 aliphatic rings. The Bertz CT molecular complexity index is 495. The maximum Gasteiger partial charge on any atom is 0.123 e. The SMILES string of the molecule is Cc1ncc(CC(CCl)Cc2ccc(F)cc2)s1. The highest BCUT2D eigenvalue weighted by Gasteiger charge is 2.11. The summed E-state index contributed by atoms with van der Waals surface area (Å²) in [6, 6.07) is 6.65. The van der Waals surface area contributed by atoms with E-state index in [0.29, 0.717) is 11.8 Å². The number of hydrogen-bond acceptors (Lipinski definition) is 2. The largest absolute Gasteiger partial charge is 0.250 e. The predicted molar refractivity (Wildman–Crippen MR) is 74.9 cm³/mol. The van der Waals surface area contributed by atoms with Crippen LogP contribution in [0.3, 0.4) is 0 Å². The monoisotopic (exact) mass is 283 g/mol. The van der Waals surface area contributed by atoms with Gasteiger partial charge in [-0.05, 0) is 43.4 Å². The Morgan fingerprint density at radius 3 is 2.56 bits per heavy atom. The molecule has 0 aliphatic carbocycles. The number of hydrogen-bond donors (Lipinski definition) is 0. The molecular formula is C14H15ClFNS. The lowest BCUT2D eigenvalue weighted by molar-refractivity contribution is 0.585. The van der Waals surface area contributed by atoms with Crippen molar-refractivity contribution < 1.29 is 4.39 Å².